The van der Waals surface area contributed by atoms with Crippen LogP contribution in [0.5, 0.6) is 0 Å². The van der Waals surface area contributed by atoms with Gasteiger partial charge in [0.2, 0.25) is 6.54 Å². The predicted octanol–water partition coefficient (Wildman–Crippen LogP) is 2.64. The molecule has 0 aliphatic carbocycles. The third-order valence-electron chi connectivity index (χ3n) is 2.92. The number of halogens is 1. The summed E-state index contributed by atoms with van der Waals surface area (Å²) in [6.07, 6.45) is -0.119. The highest BCUT2D eigenvalue weighted by Gasteiger charge is 2.50. The summed E-state index contributed by atoms with van der Waals surface area (Å²) in [5, 5.41) is 9.55. The minimum atomic E-state index is -1.83. The van der Waals surface area contributed by atoms with Crippen LogP contribution < -0.4 is 0 Å². The molecular formula is C14H14BrNO4. The Morgan fingerprint density at radius 1 is 1.40 bits per heavy atom. The molecule has 1 aromatic carbocycles. The lowest BCUT2D eigenvalue weighted by atomic mass is 9.77. The summed E-state index contributed by atoms with van der Waals surface area (Å²) in [6.45, 7) is 8.47. The Bertz CT molecular complexity index is 535. The van der Waals surface area contributed by atoms with E-state index < -0.39 is 17.4 Å². The van der Waals surface area contributed by atoms with E-state index in [1.807, 2.05) is 0 Å². The molecule has 0 amide bonds. The summed E-state index contributed by atoms with van der Waals surface area (Å²) < 4.78 is 5.69. The van der Waals surface area contributed by atoms with Gasteiger partial charge in [0.1, 0.15) is 0 Å². The van der Waals surface area contributed by atoms with E-state index in [4.69, 9.17) is 11.3 Å². The van der Waals surface area contributed by atoms with Gasteiger partial charge in [0, 0.05) is 4.47 Å². The average molecular weight is 340 g/mol. The van der Waals surface area contributed by atoms with E-state index in [0.717, 1.165) is 4.47 Å². The molecule has 106 valence electrons. The average Bonchev–Trinajstić information content (AvgIpc) is 2.41. The van der Waals surface area contributed by atoms with Gasteiger partial charge in [0.15, 0.2) is 5.41 Å². The van der Waals surface area contributed by atoms with E-state index in [9.17, 15) is 14.7 Å². The van der Waals surface area contributed by atoms with Crippen LogP contribution in [0.3, 0.4) is 0 Å². The van der Waals surface area contributed by atoms with Crippen LogP contribution in [0.25, 0.3) is 4.85 Å². The maximum Gasteiger partial charge on any atom is 0.328 e. The zero-order chi connectivity index (χ0) is 15.2. The number of hydrogen-bond acceptors (Lipinski definition) is 3. The third kappa shape index (κ3) is 3.17. The molecule has 0 radical (unpaired) electrons. The van der Waals surface area contributed by atoms with Gasteiger partial charge in [-0.15, -0.1) is 0 Å². The van der Waals surface area contributed by atoms with Crippen LogP contribution in [-0.2, 0) is 19.7 Å². The molecule has 0 heterocycles. The fourth-order valence-corrected chi connectivity index (χ4v) is 2.16. The Kier molecular flexibility index (Phi) is 5.71. The number of carboxylic acids is 1. The number of hydrogen-bond donors (Lipinski definition) is 1. The first-order valence-corrected chi connectivity index (χ1v) is 6.78. The first-order chi connectivity index (χ1) is 9.48. The quantitative estimate of drug-likeness (QED) is 0.491. The molecule has 1 N–H and O–H groups in total. The summed E-state index contributed by atoms with van der Waals surface area (Å²) in [5.41, 5.74) is -1.52. The number of ether oxygens (including phenoxy) is 1. The molecular weight excluding hydrogens is 326 g/mol. The van der Waals surface area contributed by atoms with Crippen molar-refractivity contribution in [3.8, 4) is 0 Å². The summed E-state index contributed by atoms with van der Waals surface area (Å²) in [6, 6.07) is 6.42. The zero-order valence-electron chi connectivity index (χ0n) is 10.9. The number of carbonyl (C=O) groups is 2. The highest BCUT2D eigenvalue weighted by atomic mass is 79.9. The molecule has 20 heavy (non-hydrogen) atoms. The van der Waals surface area contributed by atoms with Crippen LogP contribution >= 0.6 is 15.9 Å². The molecule has 1 aromatic rings. The van der Waals surface area contributed by atoms with E-state index in [1.165, 1.54) is 0 Å². The second kappa shape index (κ2) is 7.06. The molecule has 0 fully saturated rings. The molecule has 1 atom stereocenters. The lowest BCUT2D eigenvalue weighted by molar-refractivity contribution is -0.161. The normalized spacial score (nSPS) is 13.1. The lowest BCUT2D eigenvalue weighted by Crippen LogP contribution is -2.45. The highest BCUT2D eigenvalue weighted by Crippen LogP contribution is 2.31. The standard InChI is InChI=1S/C14H14BrNO4/c1-3-20-13(19)14(12(17)18,8-9-16-2)10-4-6-11(15)7-5-10/h4-7H,3,8-9H2,1H3,(H,17,18). The van der Waals surface area contributed by atoms with E-state index in [-0.39, 0.29) is 19.6 Å². The first-order valence-electron chi connectivity index (χ1n) is 5.99. The fraction of sp³-hybridized carbons (Fsp3) is 0.357. The van der Waals surface area contributed by atoms with E-state index in [0.29, 0.717) is 5.56 Å². The van der Waals surface area contributed by atoms with Crippen LogP contribution in [0.2, 0.25) is 0 Å². The lowest BCUT2D eigenvalue weighted by Gasteiger charge is -2.25. The molecule has 1 unspecified atom stereocenters. The van der Waals surface area contributed by atoms with Gasteiger partial charge in [0.05, 0.1) is 13.0 Å². The second-order valence-corrected chi connectivity index (χ2v) is 4.99. The molecule has 0 spiro atoms. The summed E-state index contributed by atoms with van der Waals surface area (Å²) in [7, 11) is 0. The molecule has 0 aromatic heterocycles. The molecule has 0 saturated carbocycles. The Balaban J connectivity index is 3.36. The van der Waals surface area contributed by atoms with Gasteiger partial charge in [-0.3, -0.25) is 9.59 Å². The van der Waals surface area contributed by atoms with Crippen LogP contribution in [0.1, 0.15) is 18.9 Å². The van der Waals surface area contributed by atoms with Gasteiger partial charge in [-0.2, -0.15) is 0 Å². The van der Waals surface area contributed by atoms with E-state index >= 15 is 0 Å². The smallest absolute Gasteiger partial charge is 0.328 e. The van der Waals surface area contributed by atoms with E-state index in [1.54, 1.807) is 31.2 Å². The maximum atomic E-state index is 12.2. The number of aliphatic carboxylic acids is 1. The Hall–Kier alpha value is -1.87. The largest absolute Gasteiger partial charge is 0.480 e. The maximum absolute atomic E-state index is 12.2. The minimum absolute atomic E-state index is 0.0683. The van der Waals surface area contributed by atoms with Crippen molar-refractivity contribution in [1.29, 1.82) is 0 Å². The van der Waals surface area contributed by atoms with Gasteiger partial charge >= 0.3 is 11.9 Å². The van der Waals surface area contributed by atoms with Crippen molar-refractivity contribution < 1.29 is 19.4 Å². The van der Waals surface area contributed by atoms with Crippen molar-refractivity contribution in [1.82, 2.24) is 0 Å². The highest BCUT2D eigenvalue weighted by molar-refractivity contribution is 9.10. The minimum Gasteiger partial charge on any atom is -0.480 e. The molecule has 0 saturated heterocycles. The van der Waals surface area contributed by atoms with Crippen molar-refractivity contribution >= 4 is 27.9 Å². The van der Waals surface area contributed by atoms with Crippen molar-refractivity contribution in [2.45, 2.75) is 18.8 Å². The molecule has 5 nitrogen and oxygen atoms in total. The molecule has 6 heteroatoms. The topological polar surface area (TPSA) is 68.0 Å². The van der Waals surface area contributed by atoms with Gasteiger partial charge in [-0.25, -0.2) is 6.57 Å². The number of carboxylic acid groups (broad SMARTS) is 1. The third-order valence-corrected chi connectivity index (χ3v) is 3.45. The van der Waals surface area contributed by atoms with Crippen LogP contribution in [0.4, 0.5) is 0 Å². The van der Waals surface area contributed by atoms with Gasteiger partial charge in [0.25, 0.3) is 0 Å². The fourth-order valence-electron chi connectivity index (χ4n) is 1.89. The number of benzene rings is 1. The Morgan fingerprint density at radius 2 is 2.00 bits per heavy atom. The monoisotopic (exact) mass is 339 g/mol. The van der Waals surface area contributed by atoms with Crippen molar-refractivity contribution in [3.05, 3.63) is 45.7 Å². The molecule has 0 aliphatic rings. The summed E-state index contributed by atoms with van der Waals surface area (Å²) in [4.78, 5) is 27.1. The molecule has 0 bridgehead atoms. The number of rotatable bonds is 6. The predicted molar refractivity (Wildman–Crippen MR) is 76.2 cm³/mol. The van der Waals surface area contributed by atoms with Crippen LogP contribution in [-0.4, -0.2) is 30.2 Å². The van der Waals surface area contributed by atoms with Gasteiger partial charge in [-0.1, -0.05) is 28.1 Å². The Morgan fingerprint density at radius 3 is 2.45 bits per heavy atom. The van der Waals surface area contributed by atoms with Crippen LogP contribution in [0.15, 0.2) is 28.7 Å². The summed E-state index contributed by atoms with van der Waals surface area (Å²) in [5.74, 6) is -2.14. The molecule has 1 rings (SSSR count). The summed E-state index contributed by atoms with van der Waals surface area (Å²) >= 11 is 3.26. The number of carbonyl (C=O) groups excluding carboxylic acids is 1. The second-order valence-electron chi connectivity index (χ2n) is 4.07. The zero-order valence-corrected chi connectivity index (χ0v) is 12.5. The number of esters is 1. The SMILES string of the molecule is [C-]#[N+]CCC(C(=O)O)(C(=O)OCC)c1ccc(Br)cc1. The van der Waals surface area contributed by atoms with Crippen molar-refractivity contribution in [3.63, 3.8) is 0 Å². The first kappa shape index (κ1) is 16.2. The Labute approximate surface area is 125 Å². The van der Waals surface area contributed by atoms with Gasteiger partial charge < -0.3 is 14.7 Å². The number of nitrogens with zero attached hydrogens (tertiary/aromatic N) is 1. The van der Waals surface area contributed by atoms with Crippen molar-refractivity contribution in [2.24, 2.45) is 0 Å². The van der Waals surface area contributed by atoms with Gasteiger partial charge in [-0.05, 0) is 24.6 Å². The van der Waals surface area contributed by atoms with E-state index in [2.05, 4.69) is 20.8 Å². The van der Waals surface area contributed by atoms with Crippen LogP contribution in [0, 0.1) is 6.57 Å². The molecule has 0 aliphatic heterocycles. The van der Waals surface area contributed by atoms with Crippen molar-refractivity contribution in [2.75, 3.05) is 13.2 Å².